The Bertz CT molecular complexity index is 1050. The predicted molar refractivity (Wildman–Crippen MR) is 95.1 cm³/mol. The summed E-state index contributed by atoms with van der Waals surface area (Å²) < 4.78 is 86.4. The number of aryl methyl sites for hydroxylation is 2. The summed E-state index contributed by atoms with van der Waals surface area (Å²) in [6.07, 6.45) is 0. The Labute approximate surface area is 157 Å². The van der Waals surface area contributed by atoms with Gasteiger partial charge in [0.25, 0.3) is 0 Å². The van der Waals surface area contributed by atoms with Crippen LogP contribution in [0.4, 0.5) is 43.4 Å². The molecule has 0 aromatic heterocycles. The van der Waals surface area contributed by atoms with Crippen LogP contribution in [0.25, 0.3) is 0 Å². The van der Waals surface area contributed by atoms with Crippen LogP contribution < -0.4 is 4.90 Å². The van der Waals surface area contributed by atoms with Crippen molar-refractivity contribution in [3.63, 3.8) is 0 Å². The molecule has 1 nitrogen and oxygen atoms in total. The Kier molecular flexibility index (Phi) is 5.10. The fraction of sp³-hybridized carbons (Fsp3) is 0.143. The third-order valence-corrected chi connectivity index (χ3v) is 4.44. The summed E-state index contributed by atoms with van der Waals surface area (Å²) in [5.41, 5.74) is -1.88. The molecule has 0 amide bonds. The largest absolute Gasteiger partial charge is 0.302 e. The summed E-state index contributed by atoms with van der Waals surface area (Å²) in [6.45, 7) is 3.93. The molecule has 3 rings (SSSR count). The molecule has 28 heavy (non-hydrogen) atoms. The summed E-state index contributed by atoms with van der Waals surface area (Å²) in [7, 11) is 0. The molecule has 3 aromatic carbocycles. The van der Waals surface area contributed by atoms with E-state index in [1.54, 1.807) is 6.92 Å². The highest BCUT2D eigenvalue weighted by Gasteiger charge is 2.30. The monoisotopic (exact) mass is 395 g/mol. The second-order valence-electron chi connectivity index (χ2n) is 6.45. The van der Waals surface area contributed by atoms with Gasteiger partial charge in [-0.1, -0.05) is 12.1 Å². The smallest absolute Gasteiger partial charge is 0.186 e. The minimum Gasteiger partial charge on any atom is -0.302 e. The highest BCUT2D eigenvalue weighted by Crippen LogP contribution is 2.41. The Hall–Kier alpha value is -2.96. The molecule has 3 aromatic rings. The molecule has 0 bridgehead atoms. The van der Waals surface area contributed by atoms with E-state index in [4.69, 9.17) is 0 Å². The van der Waals surface area contributed by atoms with Gasteiger partial charge < -0.3 is 4.90 Å². The van der Waals surface area contributed by atoms with Crippen LogP contribution in [0.3, 0.4) is 0 Å². The number of anilines is 3. The molecule has 0 aliphatic rings. The highest BCUT2D eigenvalue weighted by molar-refractivity contribution is 5.78. The molecule has 0 unspecified atom stereocenters. The van der Waals surface area contributed by atoms with E-state index in [1.165, 1.54) is 31.2 Å². The highest BCUT2D eigenvalue weighted by atomic mass is 19.2. The molecule has 0 fully saturated rings. The summed E-state index contributed by atoms with van der Waals surface area (Å²) in [5.74, 6) is -8.28. The number of rotatable bonds is 3. The van der Waals surface area contributed by atoms with Crippen LogP contribution in [-0.2, 0) is 0 Å². The predicted octanol–water partition coefficient (Wildman–Crippen LogP) is 6.92. The van der Waals surface area contributed by atoms with Crippen molar-refractivity contribution in [3.05, 3.63) is 88.0 Å². The van der Waals surface area contributed by atoms with Crippen LogP contribution in [0, 0.1) is 55.7 Å². The second-order valence-corrected chi connectivity index (χ2v) is 6.45. The zero-order valence-corrected chi connectivity index (χ0v) is 15.2. The molecular formula is C21H15F6N. The Morgan fingerprint density at radius 3 is 1.79 bits per heavy atom. The maximum atomic E-state index is 14.7. The van der Waals surface area contributed by atoms with Crippen molar-refractivity contribution in [2.75, 3.05) is 4.90 Å². The average Bonchev–Trinajstić information content (AvgIpc) is 2.65. The van der Waals surface area contributed by atoms with E-state index in [2.05, 4.69) is 0 Å². The van der Waals surface area contributed by atoms with E-state index in [0.29, 0.717) is 10.5 Å². The normalized spacial score (nSPS) is 11.0. The SMILES string of the molecule is Cc1ccc(N(c2ccc(C)c(F)c2)c2c(F)c(F)c(C)c(F)c2F)c(F)c1. The first-order valence-electron chi connectivity index (χ1n) is 8.28. The maximum absolute atomic E-state index is 14.7. The van der Waals surface area contributed by atoms with Gasteiger partial charge in [0, 0.05) is 11.3 Å². The van der Waals surface area contributed by atoms with Gasteiger partial charge in [-0.15, -0.1) is 0 Å². The van der Waals surface area contributed by atoms with Crippen LogP contribution in [0.1, 0.15) is 16.7 Å². The Balaban J connectivity index is 2.40. The van der Waals surface area contributed by atoms with E-state index in [0.717, 1.165) is 19.1 Å². The van der Waals surface area contributed by atoms with Crippen LogP contribution in [0.2, 0.25) is 0 Å². The lowest BCUT2D eigenvalue weighted by atomic mass is 10.1. The summed E-state index contributed by atoms with van der Waals surface area (Å²) in [5, 5.41) is 0. The number of hydrogen-bond donors (Lipinski definition) is 0. The first kappa shape index (κ1) is 19.8. The van der Waals surface area contributed by atoms with Gasteiger partial charge in [0.1, 0.15) is 17.3 Å². The molecular weight excluding hydrogens is 380 g/mol. The van der Waals surface area contributed by atoms with Crippen LogP contribution >= 0.6 is 0 Å². The van der Waals surface area contributed by atoms with Crippen molar-refractivity contribution in [1.29, 1.82) is 0 Å². The van der Waals surface area contributed by atoms with E-state index in [-0.39, 0.29) is 11.3 Å². The third-order valence-electron chi connectivity index (χ3n) is 4.44. The fourth-order valence-corrected chi connectivity index (χ4v) is 2.83. The first-order chi connectivity index (χ1) is 13.1. The van der Waals surface area contributed by atoms with Gasteiger partial charge in [0.15, 0.2) is 23.3 Å². The van der Waals surface area contributed by atoms with Gasteiger partial charge in [0.05, 0.1) is 5.69 Å². The topological polar surface area (TPSA) is 3.24 Å². The van der Waals surface area contributed by atoms with Gasteiger partial charge in [0.2, 0.25) is 0 Å². The standard InChI is InChI=1S/C21H15F6N/c1-10-4-7-16(15(23)8-10)28(13-6-5-11(2)14(22)9-13)21-19(26)17(24)12(3)18(25)20(21)27/h4-9H,1-3H3. The lowest BCUT2D eigenvalue weighted by Gasteiger charge is -2.27. The van der Waals surface area contributed by atoms with Crippen LogP contribution in [0.5, 0.6) is 0 Å². The summed E-state index contributed by atoms with van der Waals surface area (Å²) in [6, 6.07) is 7.21. The molecule has 0 N–H and O–H groups in total. The second kappa shape index (κ2) is 7.22. The molecule has 0 aliphatic heterocycles. The molecule has 0 heterocycles. The summed E-state index contributed by atoms with van der Waals surface area (Å²) >= 11 is 0. The van der Waals surface area contributed by atoms with Crippen LogP contribution in [-0.4, -0.2) is 0 Å². The van der Waals surface area contributed by atoms with Crippen molar-refractivity contribution in [2.45, 2.75) is 20.8 Å². The van der Waals surface area contributed by atoms with Crippen molar-refractivity contribution < 1.29 is 26.3 Å². The van der Waals surface area contributed by atoms with Gasteiger partial charge in [-0.05, 0) is 56.2 Å². The molecule has 0 atom stereocenters. The zero-order valence-electron chi connectivity index (χ0n) is 15.2. The molecule has 0 radical (unpaired) electrons. The van der Waals surface area contributed by atoms with E-state index < -0.39 is 51.8 Å². The van der Waals surface area contributed by atoms with Crippen molar-refractivity contribution in [1.82, 2.24) is 0 Å². The number of hydrogen-bond acceptors (Lipinski definition) is 1. The van der Waals surface area contributed by atoms with Crippen molar-refractivity contribution in [2.24, 2.45) is 0 Å². The third kappa shape index (κ3) is 3.21. The zero-order chi connectivity index (χ0) is 20.7. The minimum atomic E-state index is -1.71. The molecule has 146 valence electrons. The molecule has 7 heteroatoms. The Morgan fingerprint density at radius 2 is 1.25 bits per heavy atom. The van der Waals surface area contributed by atoms with Crippen molar-refractivity contribution >= 4 is 17.1 Å². The lowest BCUT2D eigenvalue weighted by Crippen LogP contribution is -2.18. The molecule has 0 saturated carbocycles. The molecule has 0 spiro atoms. The minimum absolute atomic E-state index is 0.202. The Morgan fingerprint density at radius 1 is 0.643 bits per heavy atom. The first-order valence-corrected chi connectivity index (χ1v) is 8.28. The lowest BCUT2D eigenvalue weighted by molar-refractivity contribution is 0.447. The van der Waals surface area contributed by atoms with Gasteiger partial charge in [-0.3, -0.25) is 0 Å². The number of nitrogens with zero attached hydrogens (tertiary/aromatic N) is 1. The van der Waals surface area contributed by atoms with Gasteiger partial charge in [-0.25, -0.2) is 26.3 Å². The number of halogens is 6. The van der Waals surface area contributed by atoms with Gasteiger partial charge >= 0.3 is 0 Å². The average molecular weight is 395 g/mol. The quantitative estimate of drug-likeness (QED) is 0.344. The molecule has 0 saturated heterocycles. The maximum Gasteiger partial charge on any atom is 0.186 e. The fourth-order valence-electron chi connectivity index (χ4n) is 2.83. The van der Waals surface area contributed by atoms with Crippen LogP contribution in [0.15, 0.2) is 36.4 Å². The molecule has 0 aliphatic carbocycles. The summed E-state index contributed by atoms with van der Waals surface area (Å²) in [4.78, 5) is 0.619. The van der Waals surface area contributed by atoms with E-state index in [1.807, 2.05) is 0 Å². The number of benzene rings is 3. The van der Waals surface area contributed by atoms with Crippen molar-refractivity contribution in [3.8, 4) is 0 Å². The van der Waals surface area contributed by atoms with Gasteiger partial charge in [-0.2, -0.15) is 0 Å². The van der Waals surface area contributed by atoms with E-state index >= 15 is 0 Å². The van der Waals surface area contributed by atoms with E-state index in [9.17, 15) is 26.3 Å².